The van der Waals surface area contributed by atoms with Crippen LogP contribution in [-0.2, 0) is 0 Å². The molecule has 0 radical (unpaired) electrons. The molecule has 0 aliphatic heterocycles. The largest absolute Gasteiger partial charge is 0.493 e. The van der Waals surface area contributed by atoms with Gasteiger partial charge in [-0.05, 0) is 50.3 Å². The Hall–Kier alpha value is -2.99. The predicted molar refractivity (Wildman–Crippen MR) is 115 cm³/mol. The van der Waals surface area contributed by atoms with Crippen LogP contribution in [0.5, 0.6) is 11.5 Å². The third kappa shape index (κ3) is 5.09. The number of carbonyl (C=O) groups is 1. The van der Waals surface area contributed by atoms with Gasteiger partial charge >= 0.3 is 0 Å². The Bertz CT molecular complexity index is 976. The van der Waals surface area contributed by atoms with E-state index >= 15 is 0 Å². The standard InChI is InChI=1S/C23H28N2O4/c1-5-25(6-2)11-12-28-21-15-18(8-10-20(21)27-4)24-23(26)22-14-17-13-16(3)7-9-19(17)29-22/h7-10,13-15H,5-6,11-12H2,1-4H3,(H,24,26). The fraction of sp³-hybridized carbons (Fsp3) is 0.348. The number of nitrogens with one attached hydrogen (secondary N) is 1. The van der Waals surface area contributed by atoms with Crippen LogP contribution < -0.4 is 14.8 Å². The molecule has 0 fully saturated rings. The zero-order valence-electron chi connectivity index (χ0n) is 17.5. The maximum Gasteiger partial charge on any atom is 0.291 e. The van der Waals surface area contributed by atoms with Gasteiger partial charge in [0.1, 0.15) is 12.2 Å². The molecule has 0 unspecified atom stereocenters. The number of methoxy groups -OCH3 is 1. The summed E-state index contributed by atoms with van der Waals surface area (Å²) in [5.41, 5.74) is 2.42. The molecule has 0 saturated heterocycles. The lowest BCUT2D eigenvalue weighted by atomic mass is 10.2. The van der Waals surface area contributed by atoms with Crippen molar-refractivity contribution in [3.05, 3.63) is 53.8 Å². The molecular formula is C23H28N2O4. The Morgan fingerprint density at radius 2 is 1.86 bits per heavy atom. The van der Waals surface area contributed by atoms with Gasteiger partial charge in [0.25, 0.3) is 5.91 Å². The van der Waals surface area contributed by atoms with Gasteiger partial charge in [0.15, 0.2) is 17.3 Å². The zero-order chi connectivity index (χ0) is 20.8. The zero-order valence-corrected chi connectivity index (χ0v) is 17.5. The van der Waals surface area contributed by atoms with Gasteiger partial charge in [-0.1, -0.05) is 25.5 Å². The molecule has 1 N–H and O–H groups in total. The highest BCUT2D eigenvalue weighted by atomic mass is 16.5. The van der Waals surface area contributed by atoms with E-state index in [1.807, 2.05) is 25.1 Å². The number of likely N-dealkylation sites (N-methyl/N-ethyl adjacent to an activating group) is 1. The highest BCUT2D eigenvalue weighted by Gasteiger charge is 2.14. The minimum atomic E-state index is -0.307. The summed E-state index contributed by atoms with van der Waals surface area (Å²) < 4.78 is 17.0. The van der Waals surface area contributed by atoms with Crippen molar-refractivity contribution in [2.45, 2.75) is 20.8 Å². The summed E-state index contributed by atoms with van der Waals surface area (Å²) in [6.45, 7) is 9.57. The van der Waals surface area contributed by atoms with Crippen LogP contribution in [0.25, 0.3) is 11.0 Å². The van der Waals surface area contributed by atoms with Crippen molar-refractivity contribution in [1.29, 1.82) is 0 Å². The summed E-state index contributed by atoms with van der Waals surface area (Å²) in [6.07, 6.45) is 0. The fourth-order valence-electron chi connectivity index (χ4n) is 3.16. The van der Waals surface area contributed by atoms with E-state index < -0.39 is 0 Å². The maximum absolute atomic E-state index is 12.6. The van der Waals surface area contributed by atoms with Crippen molar-refractivity contribution in [2.24, 2.45) is 0 Å². The van der Waals surface area contributed by atoms with Gasteiger partial charge in [0, 0.05) is 23.7 Å². The van der Waals surface area contributed by atoms with Crippen LogP contribution in [0.2, 0.25) is 0 Å². The number of hydrogen-bond donors (Lipinski definition) is 1. The summed E-state index contributed by atoms with van der Waals surface area (Å²) in [6, 6.07) is 12.9. The molecule has 0 aliphatic rings. The van der Waals surface area contributed by atoms with Gasteiger partial charge in [-0.3, -0.25) is 4.79 Å². The number of fused-ring (bicyclic) bond motifs is 1. The number of furan rings is 1. The number of aryl methyl sites for hydroxylation is 1. The van der Waals surface area contributed by atoms with Crippen molar-refractivity contribution < 1.29 is 18.7 Å². The molecule has 3 rings (SSSR count). The van der Waals surface area contributed by atoms with Gasteiger partial charge in [0.05, 0.1) is 7.11 Å². The van der Waals surface area contributed by atoms with Gasteiger partial charge < -0.3 is 24.1 Å². The molecule has 154 valence electrons. The van der Waals surface area contributed by atoms with Crippen molar-refractivity contribution in [3.63, 3.8) is 0 Å². The summed E-state index contributed by atoms with van der Waals surface area (Å²) in [4.78, 5) is 14.9. The molecule has 1 heterocycles. The van der Waals surface area contributed by atoms with E-state index in [1.54, 1.807) is 31.4 Å². The number of carbonyl (C=O) groups excluding carboxylic acids is 1. The Morgan fingerprint density at radius 1 is 1.07 bits per heavy atom. The monoisotopic (exact) mass is 396 g/mol. The van der Waals surface area contributed by atoms with Gasteiger partial charge in [-0.2, -0.15) is 0 Å². The van der Waals surface area contributed by atoms with Crippen LogP contribution in [0, 0.1) is 6.92 Å². The lowest BCUT2D eigenvalue weighted by molar-refractivity contribution is 0.0998. The normalized spacial score (nSPS) is 11.1. The van der Waals surface area contributed by atoms with E-state index in [0.717, 1.165) is 30.6 Å². The predicted octanol–water partition coefficient (Wildman–Crippen LogP) is 4.72. The van der Waals surface area contributed by atoms with Crippen molar-refractivity contribution in [2.75, 3.05) is 38.7 Å². The Kier molecular flexibility index (Phi) is 6.77. The molecule has 0 bridgehead atoms. The van der Waals surface area contributed by atoms with E-state index in [9.17, 15) is 4.79 Å². The molecule has 0 spiro atoms. The van der Waals surface area contributed by atoms with Crippen LogP contribution >= 0.6 is 0 Å². The topological polar surface area (TPSA) is 63.9 Å². The fourth-order valence-corrected chi connectivity index (χ4v) is 3.16. The smallest absolute Gasteiger partial charge is 0.291 e. The Labute approximate surface area is 171 Å². The first-order valence-electron chi connectivity index (χ1n) is 9.88. The molecule has 2 aromatic carbocycles. The molecule has 6 nitrogen and oxygen atoms in total. The summed E-state index contributed by atoms with van der Waals surface area (Å²) in [5.74, 6) is 1.18. The second-order valence-electron chi connectivity index (χ2n) is 6.85. The minimum absolute atomic E-state index is 0.269. The molecule has 1 amide bonds. The van der Waals surface area contributed by atoms with Crippen LogP contribution in [0.1, 0.15) is 30.0 Å². The van der Waals surface area contributed by atoms with E-state index in [0.29, 0.717) is 29.4 Å². The highest BCUT2D eigenvalue weighted by molar-refractivity contribution is 6.04. The average molecular weight is 396 g/mol. The molecule has 29 heavy (non-hydrogen) atoms. The molecule has 0 atom stereocenters. The molecule has 0 saturated carbocycles. The number of anilines is 1. The van der Waals surface area contributed by atoms with Crippen molar-refractivity contribution in [1.82, 2.24) is 4.90 Å². The van der Waals surface area contributed by atoms with E-state index in [-0.39, 0.29) is 11.7 Å². The molecule has 3 aromatic rings. The first kappa shape index (κ1) is 20.7. The molecule has 1 aromatic heterocycles. The minimum Gasteiger partial charge on any atom is -0.493 e. The third-order valence-electron chi connectivity index (χ3n) is 4.88. The van der Waals surface area contributed by atoms with Gasteiger partial charge in [-0.25, -0.2) is 0 Å². The highest BCUT2D eigenvalue weighted by Crippen LogP contribution is 2.31. The second kappa shape index (κ2) is 9.47. The summed E-state index contributed by atoms with van der Waals surface area (Å²) in [5, 5.41) is 3.78. The molecule has 0 aliphatic carbocycles. The maximum atomic E-state index is 12.6. The molecular weight excluding hydrogens is 368 g/mol. The molecule has 6 heteroatoms. The number of benzene rings is 2. The number of hydrogen-bond acceptors (Lipinski definition) is 5. The summed E-state index contributed by atoms with van der Waals surface area (Å²) >= 11 is 0. The average Bonchev–Trinajstić information content (AvgIpc) is 3.15. The van der Waals surface area contributed by atoms with Crippen molar-refractivity contribution in [3.8, 4) is 11.5 Å². The first-order valence-corrected chi connectivity index (χ1v) is 9.88. The Morgan fingerprint density at radius 3 is 2.59 bits per heavy atom. The summed E-state index contributed by atoms with van der Waals surface area (Å²) in [7, 11) is 1.60. The lowest BCUT2D eigenvalue weighted by Gasteiger charge is -2.19. The number of ether oxygens (including phenoxy) is 2. The number of nitrogens with zero attached hydrogens (tertiary/aromatic N) is 1. The lowest BCUT2D eigenvalue weighted by Crippen LogP contribution is -2.28. The van der Waals surface area contributed by atoms with Crippen LogP contribution in [0.4, 0.5) is 5.69 Å². The second-order valence-corrected chi connectivity index (χ2v) is 6.85. The SMILES string of the molecule is CCN(CC)CCOc1cc(NC(=O)c2cc3cc(C)ccc3o2)ccc1OC. The van der Waals surface area contributed by atoms with Crippen molar-refractivity contribution >= 4 is 22.6 Å². The van der Waals surface area contributed by atoms with Crippen LogP contribution in [0.3, 0.4) is 0 Å². The van der Waals surface area contributed by atoms with Crippen LogP contribution in [-0.4, -0.2) is 44.2 Å². The van der Waals surface area contributed by atoms with Crippen LogP contribution in [0.15, 0.2) is 46.9 Å². The van der Waals surface area contributed by atoms with E-state index in [4.69, 9.17) is 13.9 Å². The van der Waals surface area contributed by atoms with Gasteiger partial charge in [0.2, 0.25) is 0 Å². The van der Waals surface area contributed by atoms with E-state index in [1.165, 1.54) is 0 Å². The first-order chi connectivity index (χ1) is 14.0. The quantitative estimate of drug-likeness (QED) is 0.567. The van der Waals surface area contributed by atoms with E-state index in [2.05, 4.69) is 24.1 Å². The van der Waals surface area contributed by atoms with Gasteiger partial charge in [-0.15, -0.1) is 0 Å². The number of rotatable bonds is 9. The number of amides is 1. The third-order valence-corrected chi connectivity index (χ3v) is 4.88. The Balaban J connectivity index is 1.71.